The van der Waals surface area contributed by atoms with Crippen molar-refractivity contribution in [2.45, 2.75) is 18.2 Å². The van der Waals surface area contributed by atoms with Crippen molar-refractivity contribution in [3.8, 4) is 0 Å². The Kier molecular flexibility index (Phi) is 4.89. The molecular weight excluding hydrogens is 380 g/mol. The van der Waals surface area contributed by atoms with Crippen molar-refractivity contribution in [3.63, 3.8) is 0 Å². The molecule has 1 atom stereocenters. The summed E-state index contributed by atoms with van der Waals surface area (Å²) in [7, 11) is 1.84. The average Bonchev–Trinajstić information content (AvgIpc) is 3.28. The molecule has 7 heteroatoms. The van der Waals surface area contributed by atoms with Gasteiger partial charge in [-0.1, -0.05) is 41.9 Å². The Hall–Kier alpha value is -2.38. The molecule has 1 unspecified atom stereocenters. The number of fused-ring (bicyclic) bond motifs is 1. The predicted molar refractivity (Wildman–Crippen MR) is 106 cm³/mol. The van der Waals surface area contributed by atoms with E-state index in [0.29, 0.717) is 35.9 Å². The molecule has 0 bridgehead atoms. The fourth-order valence-corrected chi connectivity index (χ4v) is 3.99. The summed E-state index contributed by atoms with van der Waals surface area (Å²) in [5.74, 6) is -0.216. The lowest BCUT2D eigenvalue weighted by molar-refractivity contribution is -0.0425. The van der Waals surface area contributed by atoms with Gasteiger partial charge in [-0.15, -0.1) is 0 Å². The molecule has 28 heavy (non-hydrogen) atoms. The van der Waals surface area contributed by atoms with Crippen molar-refractivity contribution in [1.82, 2.24) is 9.88 Å². The molecule has 3 N–H and O–H groups in total. The molecule has 3 aromatic rings. The van der Waals surface area contributed by atoms with Gasteiger partial charge < -0.3 is 24.8 Å². The number of carbonyl (C=O) groups excluding carboxylic acids is 1. The van der Waals surface area contributed by atoms with Crippen molar-refractivity contribution in [2.24, 2.45) is 7.05 Å². The first-order valence-corrected chi connectivity index (χ1v) is 9.40. The maximum absolute atomic E-state index is 13.1. The van der Waals surface area contributed by atoms with E-state index in [1.165, 1.54) is 0 Å². The number of aliphatic hydroxyl groups is 2. The summed E-state index contributed by atoms with van der Waals surface area (Å²) in [5.41, 5.74) is 1.98. The molecule has 0 spiro atoms. The molecule has 0 saturated carbocycles. The number of hydrogen-bond acceptors (Lipinski definition) is 4. The van der Waals surface area contributed by atoms with Gasteiger partial charge in [-0.2, -0.15) is 0 Å². The number of benzene rings is 2. The zero-order valence-electron chi connectivity index (χ0n) is 15.4. The van der Waals surface area contributed by atoms with E-state index in [-0.39, 0.29) is 5.91 Å². The van der Waals surface area contributed by atoms with Crippen LogP contribution in [0.3, 0.4) is 0 Å². The lowest BCUT2D eigenvalue weighted by Crippen LogP contribution is -2.47. The van der Waals surface area contributed by atoms with E-state index >= 15 is 0 Å². The molecule has 1 aliphatic heterocycles. The van der Waals surface area contributed by atoms with Crippen LogP contribution >= 0.6 is 11.6 Å². The highest BCUT2D eigenvalue weighted by Crippen LogP contribution is 2.32. The number of aryl methyl sites for hydroxylation is 1. The second-order valence-electron chi connectivity index (χ2n) is 7.10. The summed E-state index contributed by atoms with van der Waals surface area (Å²) >= 11 is 6.28. The molecule has 1 fully saturated rings. The minimum atomic E-state index is -1.53. The Balaban J connectivity index is 1.68. The first kappa shape index (κ1) is 19.0. The highest BCUT2D eigenvalue weighted by molar-refractivity contribution is 6.35. The largest absolute Gasteiger partial charge is 0.379 e. The SMILES string of the molecule is Cn1c(C(=O)NC2(c3ccc(C(O)O)cc3)CCOC2)cc2c(Cl)cccc21. The first-order valence-electron chi connectivity index (χ1n) is 9.02. The zero-order chi connectivity index (χ0) is 19.9. The van der Waals surface area contributed by atoms with Crippen LogP contribution in [0.1, 0.15) is 34.3 Å². The predicted octanol–water partition coefficient (Wildman–Crippen LogP) is 2.86. The molecule has 4 rings (SSSR count). The van der Waals surface area contributed by atoms with Gasteiger partial charge in [0.2, 0.25) is 0 Å². The van der Waals surface area contributed by atoms with Gasteiger partial charge in [0.1, 0.15) is 5.69 Å². The van der Waals surface area contributed by atoms with Gasteiger partial charge in [0.05, 0.1) is 12.1 Å². The maximum Gasteiger partial charge on any atom is 0.268 e. The number of amides is 1. The molecule has 6 nitrogen and oxygen atoms in total. The number of ether oxygens (including phenoxy) is 1. The molecule has 146 valence electrons. The standard InChI is InChI=1S/C21H21ClN2O4/c1-24-17-4-2-3-16(22)15(17)11-18(24)19(25)23-21(9-10-28-12-21)14-7-5-13(6-8-14)20(26)27/h2-8,11,20,26-27H,9-10,12H2,1H3,(H,23,25). The Morgan fingerprint density at radius 1 is 1.25 bits per heavy atom. The maximum atomic E-state index is 13.1. The fraction of sp³-hybridized carbons (Fsp3) is 0.286. The second kappa shape index (κ2) is 7.22. The van der Waals surface area contributed by atoms with Gasteiger partial charge in [-0.25, -0.2) is 0 Å². The number of nitrogens with zero attached hydrogens (tertiary/aromatic N) is 1. The number of halogens is 1. The summed E-state index contributed by atoms with van der Waals surface area (Å²) in [6.45, 7) is 0.885. The number of carbonyl (C=O) groups is 1. The van der Waals surface area contributed by atoms with Crippen molar-refractivity contribution in [2.75, 3.05) is 13.2 Å². The van der Waals surface area contributed by atoms with Crippen LogP contribution in [0.25, 0.3) is 10.9 Å². The van der Waals surface area contributed by atoms with Crippen molar-refractivity contribution in [1.29, 1.82) is 0 Å². The number of rotatable bonds is 4. The first-order chi connectivity index (χ1) is 13.4. The van der Waals surface area contributed by atoms with Crippen molar-refractivity contribution in [3.05, 3.63) is 70.4 Å². The third kappa shape index (κ3) is 3.18. The van der Waals surface area contributed by atoms with Crippen LogP contribution < -0.4 is 5.32 Å². The van der Waals surface area contributed by atoms with Gasteiger partial charge >= 0.3 is 0 Å². The minimum absolute atomic E-state index is 0.216. The quantitative estimate of drug-likeness (QED) is 0.588. The number of aliphatic hydroxyl groups excluding tert-OH is 1. The van der Waals surface area contributed by atoms with E-state index in [9.17, 15) is 15.0 Å². The van der Waals surface area contributed by atoms with Crippen LogP contribution in [0.15, 0.2) is 48.5 Å². The van der Waals surface area contributed by atoms with Crippen LogP contribution in [-0.4, -0.2) is 33.9 Å². The van der Waals surface area contributed by atoms with Gasteiger partial charge in [0, 0.05) is 41.6 Å². The molecule has 2 heterocycles. The smallest absolute Gasteiger partial charge is 0.268 e. The van der Waals surface area contributed by atoms with Gasteiger partial charge in [0.25, 0.3) is 5.91 Å². The van der Waals surface area contributed by atoms with Gasteiger partial charge in [0.15, 0.2) is 6.29 Å². The van der Waals surface area contributed by atoms with Crippen LogP contribution in [0, 0.1) is 0 Å². The third-order valence-corrected chi connectivity index (χ3v) is 5.73. The topological polar surface area (TPSA) is 83.7 Å². The van der Waals surface area contributed by atoms with Gasteiger partial charge in [-0.3, -0.25) is 4.79 Å². The lowest BCUT2D eigenvalue weighted by atomic mass is 9.88. The summed E-state index contributed by atoms with van der Waals surface area (Å²) in [4.78, 5) is 13.1. The number of hydrogen-bond donors (Lipinski definition) is 3. The third-order valence-electron chi connectivity index (χ3n) is 5.40. The Morgan fingerprint density at radius 3 is 2.61 bits per heavy atom. The fourth-order valence-electron chi connectivity index (χ4n) is 3.76. The summed E-state index contributed by atoms with van der Waals surface area (Å²) in [5, 5.41) is 23.2. The second-order valence-corrected chi connectivity index (χ2v) is 7.50. The molecule has 0 aliphatic carbocycles. The highest BCUT2D eigenvalue weighted by Gasteiger charge is 2.39. The van der Waals surface area contributed by atoms with E-state index in [0.717, 1.165) is 16.5 Å². The van der Waals surface area contributed by atoms with E-state index in [4.69, 9.17) is 16.3 Å². The summed E-state index contributed by atoms with van der Waals surface area (Å²) in [6, 6.07) is 14.2. The van der Waals surface area contributed by atoms with Crippen LogP contribution in [0.4, 0.5) is 0 Å². The average molecular weight is 401 g/mol. The molecule has 1 aromatic heterocycles. The summed E-state index contributed by atoms with van der Waals surface area (Å²) in [6.07, 6.45) is -0.898. The molecule has 0 radical (unpaired) electrons. The van der Waals surface area contributed by atoms with E-state index in [2.05, 4.69) is 5.32 Å². The zero-order valence-corrected chi connectivity index (χ0v) is 16.1. The molecular formula is C21H21ClN2O4. The monoisotopic (exact) mass is 400 g/mol. The van der Waals surface area contributed by atoms with E-state index in [1.807, 2.05) is 23.7 Å². The van der Waals surface area contributed by atoms with E-state index in [1.54, 1.807) is 36.4 Å². The number of nitrogens with one attached hydrogen (secondary N) is 1. The van der Waals surface area contributed by atoms with E-state index < -0.39 is 11.8 Å². The molecule has 1 aliphatic rings. The number of aromatic nitrogens is 1. The Morgan fingerprint density at radius 2 is 2.00 bits per heavy atom. The van der Waals surface area contributed by atoms with Crippen LogP contribution in [0.5, 0.6) is 0 Å². The minimum Gasteiger partial charge on any atom is -0.379 e. The van der Waals surface area contributed by atoms with Crippen LogP contribution in [-0.2, 0) is 17.3 Å². The van der Waals surface area contributed by atoms with Crippen molar-refractivity contribution < 1.29 is 19.7 Å². The van der Waals surface area contributed by atoms with Crippen molar-refractivity contribution >= 4 is 28.4 Å². The molecule has 1 amide bonds. The molecule has 1 saturated heterocycles. The lowest BCUT2D eigenvalue weighted by Gasteiger charge is -2.30. The Bertz CT molecular complexity index is 1020. The molecule has 2 aromatic carbocycles. The summed E-state index contributed by atoms with van der Waals surface area (Å²) < 4.78 is 7.42. The highest BCUT2D eigenvalue weighted by atomic mass is 35.5. The van der Waals surface area contributed by atoms with Gasteiger partial charge in [-0.05, 0) is 23.8 Å². The Labute approximate surface area is 167 Å². The normalized spacial score (nSPS) is 19.5. The van der Waals surface area contributed by atoms with Crippen LogP contribution in [0.2, 0.25) is 5.02 Å².